The van der Waals surface area contributed by atoms with Crippen LogP contribution >= 0.6 is 0 Å². The van der Waals surface area contributed by atoms with Crippen molar-refractivity contribution in [3.63, 3.8) is 0 Å². The van der Waals surface area contributed by atoms with Gasteiger partial charge in [0.25, 0.3) is 5.56 Å². The molecule has 4 rings (SSSR count). The highest BCUT2D eigenvalue weighted by Gasteiger charge is 2.36. The highest BCUT2D eigenvalue weighted by Crippen LogP contribution is 2.37. The Hall–Kier alpha value is -3.68. The Morgan fingerprint density at radius 2 is 2.04 bits per heavy atom. The molecule has 8 nitrogen and oxygen atoms in total. The first-order chi connectivity index (χ1) is 13.5. The van der Waals surface area contributed by atoms with Gasteiger partial charge in [-0.1, -0.05) is 12.1 Å². The summed E-state index contributed by atoms with van der Waals surface area (Å²) in [5.41, 5.74) is -0.443. The van der Waals surface area contributed by atoms with Crippen molar-refractivity contribution in [2.75, 3.05) is 6.61 Å². The number of pyridine rings is 1. The second-order valence-electron chi connectivity index (χ2n) is 6.24. The second kappa shape index (κ2) is 6.80. The maximum absolute atomic E-state index is 13.0. The Morgan fingerprint density at radius 1 is 1.25 bits per heavy atom. The molecule has 1 aliphatic heterocycles. The summed E-state index contributed by atoms with van der Waals surface area (Å²) in [6.07, 6.45) is 2.15. The van der Waals surface area contributed by atoms with Crippen molar-refractivity contribution in [2.24, 2.45) is 0 Å². The number of esters is 2. The molecule has 2 aromatic heterocycles. The summed E-state index contributed by atoms with van der Waals surface area (Å²) in [5.74, 6) is -2.50. The fraction of sp³-hybridized carbons (Fsp3) is 0.200. The number of rotatable bonds is 3. The van der Waals surface area contributed by atoms with Crippen LogP contribution in [0.4, 0.5) is 0 Å². The van der Waals surface area contributed by atoms with Crippen molar-refractivity contribution in [2.45, 2.75) is 19.3 Å². The van der Waals surface area contributed by atoms with Crippen LogP contribution in [0.3, 0.4) is 0 Å². The molecule has 0 saturated carbocycles. The number of benzene rings is 1. The summed E-state index contributed by atoms with van der Waals surface area (Å²) in [4.78, 5) is 52.4. The zero-order valence-corrected chi connectivity index (χ0v) is 14.8. The molecule has 1 aliphatic rings. The normalized spacial score (nSPS) is 15.8. The van der Waals surface area contributed by atoms with E-state index in [9.17, 15) is 19.2 Å². The lowest BCUT2D eigenvalue weighted by molar-refractivity contribution is -0.135. The predicted molar refractivity (Wildman–Crippen MR) is 97.6 cm³/mol. The number of nitrogens with one attached hydrogen (secondary N) is 1. The molecule has 0 aliphatic carbocycles. The van der Waals surface area contributed by atoms with Gasteiger partial charge in [-0.15, -0.1) is 0 Å². The molecular formula is C20H15NO7. The maximum Gasteiger partial charge on any atom is 0.343 e. The van der Waals surface area contributed by atoms with Crippen LogP contribution in [0.15, 0.2) is 50.7 Å². The highest BCUT2D eigenvalue weighted by molar-refractivity contribution is 5.94. The molecule has 1 N–H and O–H groups in total. The molecule has 1 aromatic carbocycles. The van der Waals surface area contributed by atoms with Gasteiger partial charge >= 0.3 is 11.9 Å². The lowest BCUT2D eigenvalue weighted by Gasteiger charge is -2.24. The molecule has 0 bridgehead atoms. The molecule has 3 aromatic rings. The van der Waals surface area contributed by atoms with Gasteiger partial charge in [0, 0.05) is 17.7 Å². The van der Waals surface area contributed by atoms with Gasteiger partial charge in [-0.3, -0.25) is 14.4 Å². The summed E-state index contributed by atoms with van der Waals surface area (Å²) in [6, 6.07) is 6.67. The number of aromatic amines is 1. The third-order valence-electron chi connectivity index (χ3n) is 4.59. The van der Waals surface area contributed by atoms with Crippen LogP contribution in [0, 0.1) is 0 Å². The minimum absolute atomic E-state index is 0.0211. The van der Waals surface area contributed by atoms with Gasteiger partial charge in [0.05, 0.1) is 30.2 Å². The predicted octanol–water partition coefficient (Wildman–Crippen LogP) is 2.10. The lowest BCUT2D eigenvalue weighted by Crippen LogP contribution is -2.32. The number of H-pyrrole nitrogens is 1. The molecule has 8 heteroatoms. The van der Waals surface area contributed by atoms with Crippen LogP contribution in [0.1, 0.15) is 40.7 Å². The molecule has 1 atom stereocenters. The number of aromatic nitrogens is 1. The van der Waals surface area contributed by atoms with Crippen LogP contribution in [-0.4, -0.2) is 23.5 Å². The van der Waals surface area contributed by atoms with E-state index in [0.717, 1.165) is 6.20 Å². The number of ether oxygens (including phenoxy) is 2. The highest BCUT2D eigenvalue weighted by atomic mass is 16.5. The van der Waals surface area contributed by atoms with E-state index in [-0.39, 0.29) is 40.9 Å². The van der Waals surface area contributed by atoms with E-state index in [1.54, 1.807) is 31.2 Å². The fourth-order valence-electron chi connectivity index (χ4n) is 3.34. The largest absolute Gasteiger partial charge is 0.464 e. The number of carbonyl (C=O) groups is 2. The third-order valence-corrected chi connectivity index (χ3v) is 4.59. The van der Waals surface area contributed by atoms with Gasteiger partial charge in [-0.05, 0) is 19.1 Å². The second-order valence-corrected chi connectivity index (χ2v) is 6.24. The van der Waals surface area contributed by atoms with E-state index in [1.165, 1.54) is 6.26 Å². The Balaban J connectivity index is 1.95. The Labute approximate surface area is 157 Å². The van der Waals surface area contributed by atoms with Crippen molar-refractivity contribution in [3.05, 3.63) is 74.0 Å². The van der Waals surface area contributed by atoms with E-state index in [2.05, 4.69) is 4.98 Å². The number of hydrogen-bond donors (Lipinski definition) is 1. The first-order valence-electron chi connectivity index (χ1n) is 8.65. The van der Waals surface area contributed by atoms with Crippen LogP contribution in [0.5, 0.6) is 5.75 Å². The minimum atomic E-state index is -0.907. The number of carbonyl (C=O) groups excluding carboxylic acids is 2. The van der Waals surface area contributed by atoms with Crippen molar-refractivity contribution >= 4 is 22.9 Å². The summed E-state index contributed by atoms with van der Waals surface area (Å²) in [5, 5.41) is 0.332. The quantitative estimate of drug-likeness (QED) is 0.691. The minimum Gasteiger partial charge on any atom is -0.464 e. The average molecular weight is 381 g/mol. The molecule has 0 amide bonds. The molecule has 0 radical (unpaired) electrons. The summed E-state index contributed by atoms with van der Waals surface area (Å²) < 4.78 is 15.7. The fourth-order valence-corrected chi connectivity index (χ4v) is 3.34. The van der Waals surface area contributed by atoms with E-state index >= 15 is 0 Å². The summed E-state index contributed by atoms with van der Waals surface area (Å²) in [6.45, 7) is 1.74. The van der Waals surface area contributed by atoms with Gasteiger partial charge in [0.1, 0.15) is 11.1 Å². The Bertz CT molecular complexity index is 1220. The van der Waals surface area contributed by atoms with Crippen LogP contribution in [0.25, 0.3) is 11.0 Å². The van der Waals surface area contributed by atoms with Crippen molar-refractivity contribution in [1.82, 2.24) is 4.98 Å². The molecule has 142 valence electrons. The van der Waals surface area contributed by atoms with Gasteiger partial charge in [-0.2, -0.15) is 0 Å². The smallest absolute Gasteiger partial charge is 0.343 e. The molecule has 0 unspecified atom stereocenters. The first-order valence-corrected chi connectivity index (χ1v) is 8.65. The van der Waals surface area contributed by atoms with Crippen molar-refractivity contribution in [3.8, 4) is 5.75 Å². The number of para-hydroxylation sites is 1. The topological polar surface area (TPSA) is 116 Å². The van der Waals surface area contributed by atoms with Gasteiger partial charge in [0.15, 0.2) is 11.2 Å². The van der Waals surface area contributed by atoms with Gasteiger partial charge in [-0.25, -0.2) is 4.79 Å². The third kappa shape index (κ3) is 2.79. The molecular weight excluding hydrogens is 366 g/mol. The summed E-state index contributed by atoms with van der Waals surface area (Å²) in [7, 11) is 0. The number of fused-ring (bicyclic) bond motifs is 2. The zero-order valence-electron chi connectivity index (χ0n) is 14.8. The van der Waals surface area contributed by atoms with Crippen LogP contribution in [-0.2, 0) is 9.53 Å². The summed E-state index contributed by atoms with van der Waals surface area (Å²) >= 11 is 0. The Kier molecular flexibility index (Phi) is 4.31. The van der Waals surface area contributed by atoms with Crippen LogP contribution < -0.4 is 15.7 Å². The lowest BCUT2D eigenvalue weighted by atomic mass is 9.86. The van der Waals surface area contributed by atoms with E-state index in [4.69, 9.17) is 13.9 Å². The average Bonchev–Trinajstić information content (AvgIpc) is 2.68. The van der Waals surface area contributed by atoms with Gasteiger partial charge < -0.3 is 18.9 Å². The monoisotopic (exact) mass is 381 g/mol. The number of hydrogen-bond acceptors (Lipinski definition) is 7. The zero-order chi connectivity index (χ0) is 19.8. The van der Waals surface area contributed by atoms with Gasteiger partial charge in [0.2, 0.25) is 0 Å². The molecule has 0 fully saturated rings. The van der Waals surface area contributed by atoms with Crippen molar-refractivity contribution < 1.29 is 23.5 Å². The molecule has 3 heterocycles. The SMILES string of the molecule is CCOC(=O)c1c[nH]c(=O)c2c1OC(=O)C[C@H]2c1coc2ccccc2c1=O. The molecule has 0 saturated heterocycles. The van der Waals surface area contributed by atoms with E-state index in [1.807, 2.05) is 0 Å². The Morgan fingerprint density at radius 3 is 2.82 bits per heavy atom. The standard InChI is InChI=1S/C20H15NO7/c1-2-26-20(25)12-8-21-19(24)16-11(7-15(22)28-18(12)16)13-9-27-14-6-4-3-5-10(14)17(13)23/h3-6,8-9,11H,2,7H2,1H3,(H,21,24)/t11-/m0/s1. The maximum atomic E-state index is 13.0. The van der Waals surface area contributed by atoms with Crippen molar-refractivity contribution in [1.29, 1.82) is 0 Å². The van der Waals surface area contributed by atoms with E-state index < -0.39 is 23.4 Å². The first kappa shape index (κ1) is 17.7. The molecule has 28 heavy (non-hydrogen) atoms. The van der Waals surface area contributed by atoms with Crippen LogP contribution in [0.2, 0.25) is 0 Å². The van der Waals surface area contributed by atoms with E-state index in [0.29, 0.717) is 11.0 Å². The molecule has 0 spiro atoms.